The highest BCUT2D eigenvalue weighted by Crippen LogP contribution is 2.19. The van der Waals surface area contributed by atoms with E-state index >= 15 is 0 Å². The molecule has 0 heterocycles. The van der Waals surface area contributed by atoms with E-state index in [0.29, 0.717) is 29.2 Å². The Hall–Kier alpha value is -1.25. The molecule has 0 aromatic heterocycles. The molecule has 0 spiro atoms. The van der Waals surface area contributed by atoms with Gasteiger partial charge in [-0.15, -0.1) is 0 Å². The van der Waals surface area contributed by atoms with Crippen molar-refractivity contribution in [2.24, 2.45) is 0 Å². The third kappa shape index (κ3) is 4.55. The van der Waals surface area contributed by atoms with Gasteiger partial charge in [0.2, 0.25) is 0 Å². The number of nitrogens with zero attached hydrogens (tertiary/aromatic N) is 1. The number of hydrogen-bond acceptors (Lipinski definition) is 4. The van der Waals surface area contributed by atoms with Crippen LogP contribution in [0.3, 0.4) is 0 Å². The quantitative estimate of drug-likeness (QED) is 0.872. The second-order valence-electron chi connectivity index (χ2n) is 3.89. The first-order valence-electron chi connectivity index (χ1n) is 5.62. The zero-order chi connectivity index (χ0) is 13.6. The summed E-state index contributed by atoms with van der Waals surface area (Å²) < 4.78 is 23.0. The van der Waals surface area contributed by atoms with Crippen molar-refractivity contribution in [1.29, 1.82) is 5.26 Å². The normalized spacial score (nSPS) is 10.9. The first kappa shape index (κ1) is 14.8. The molecule has 0 saturated carbocycles. The molecule has 1 N–H and O–H groups in total. The molecule has 0 bridgehead atoms. The third-order valence-electron chi connectivity index (χ3n) is 2.35. The van der Waals surface area contributed by atoms with E-state index in [4.69, 9.17) is 16.9 Å². The van der Waals surface area contributed by atoms with Gasteiger partial charge in [0.1, 0.15) is 6.07 Å². The highest BCUT2D eigenvalue weighted by atomic mass is 35.5. The van der Waals surface area contributed by atoms with Gasteiger partial charge >= 0.3 is 0 Å². The monoisotopic (exact) mass is 286 g/mol. The molecule has 1 aromatic carbocycles. The van der Waals surface area contributed by atoms with Gasteiger partial charge in [0.15, 0.2) is 9.84 Å². The van der Waals surface area contributed by atoms with E-state index in [2.05, 4.69) is 5.32 Å². The van der Waals surface area contributed by atoms with E-state index in [9.17, 15) is 8.42 Å². The van der Waals surface area contributed by atoms with Gasteiger partial charge in [0.05, 0.1) is 16.3 Å². The molecule has 4 nitrogen and oxygen atoms in total. The van der Waals surface area contributed by atoms with Crippen LogP contribution < -0.4 is 5.32 Å². The third-order valence-corrected chi connectivity index (χ3v) is 4.52. The molecular weight excluding hydrogens is 272 g/mol. The summed E-state index contributed by atoms with van der Waals surface area (Å²) in [5.74, 6) is 0.307. The minimum atomic E-state index is -2.97. The van der Waals surface area contributed by atoms with E-state index in [1.165, 1.54) is 0 Å². The maximum Gasteiger partial charge on any atom is 0.152 e. The van der Waals surface area contributed by atoms with Gasteiger partial charge in [0, 0.05) is 18.0 Å². The number of sulfone groups is 1. The van der Waals surface area contributed by atoms with Crippen LogP contribution >= 0.6 is 11.6 Å². The van der Waals surface area contributed by atoms with Gasteiger partial charge in [-0.2, -0.15) is 5.26 Å². The van der Waals surface area contributed by atoms with Crippen molar-refractivity contribution in [3.05, 3.63) is 28.8 Å². The highest BCUT2D eigenvalue weighted by Gasteiger charge is 2.08. The Morgan fingerprint density at radius 1 is 1.39 bits per heavy atom. The first-order chi connectivity index (χ1) is 8.48. The molecule has 0 aliphatic carbocycles. The lowest BCUT2D eigenvalue weighted by molar-refractivity contribution is 0.595. The summed E-state index contributed by atoms with van der Waals surface area (Å²) >= 11 is 5.87. The molecule has 0 unspecified atom stereocenters. The summed E-state index contributed by atoms with van der Waals surface area (Å²) in [4.78, 5) is 0. The molecule has 1 aromatic rings. The minimum absolute atomic E-state index is 0.0957. The van der Waals surface area contributed by atoms with Gasteiger partial charge < -0.3 is 5.32 Å². The van der Waals surface area contributed by atoms with Gasteiger partial charge in [-0.3, -0.25) is 0 Å². The second kappa shape index (κ2) is 6.62. The maximum atomic E-state index is 11.5. The SMILES string of the molecule is CCCS(=O)(=O)CCNc1ccc(C#N)c(Cl)c1. The molecular formula is C12H15ClN2O2S. The Bertz CT molecular complexity index is 550. The Balaban J connectivity index is 2.55. The van der Waals surface area contributed by atoms with Gasteiger partial charge in [-0.05, 0) is 24.6 Å². The molecule has 0 aliphatic rings. The fourth-order valence-corrected chi connectivity index (χ4v) is 2.94. The van der Waals surface area contributed by atoms with E-state index in [-0.39, 0.29) is 11.5 Å². The van der Waals surface area contributed by atoms with Crippen molar-refractivity contribution in [3.8, 4) is 6.07 Å². The topological polar surface area (TPSA) is 70.0 Å². The van der Waals surface area contributed by atoms with Crippen molar-refractivity contribution in [1.82, 2.24) is 0 Å². The van der Waals surface area contributed by atoms with Crippen LogP contribution in [0.15, 0.2) is 18.2 Å². The van der Waals surface area contributed by atoms with E-state index in [1.54, 1.807) is 18.2 Å². The number of nitriles is 1. The average molecular weight is 287 g/mol. The molecule has 18 heavy (non-hydrogen) atoms. The molecule has 0 saturated heterocycles. The van der Waals surface area contributed by atoms with E-state index < -0.39 is 9.84 Å². The molecule has 0 aliphatic heterocycles. The van der Waals surface area contributed by atoms with Crippen molar-refractivity contribution in [3.63, 3.8) is 0 Å². The molecule has 1 rings (SSSR count). The lowest BCUT2D eigenvalue weighted by Crippen LogP contribution is -2.18. The van der Waals surface area contributed by atoms with Gasteiger partial charge in [-0.1, -0.05) is 18.5 Å². The van der Waals surface area contributed by atoms with Crippen LogP contribution in [0.1, 0.15) is 18.9 Å². The van der Waals surface area contributed by atoms with E-state index in [0.717, 1.165) is 0 Å². The van der Waals surface area contributed by atoms with E-state index in [1.807, 2.05) is 13.0 Å². The summed E-state index contributed by atoms with van der Waals surface area (Å²) in [7, 11) is -2.97. The summed E-state index contributed by atoms with van der Waals surface area (Å²) in [6.45, 7) is 2.18. The van der Waals surface area contributed by atoms with Gasteiger partial charge in [-0.25, -0.2) is 8.42 Å². The Kier molecular flexibility index (Phi) is 5.45. The molecule has 0 radical (unpaired) electrons. The summed E-state index contributed by atoms with van der Waals surface area (Å²) in [6.07, 6.45) is 0.630. The maximum absolute atomic E-state index is 11.5. The van der Waals surface area contributed by atoms with Crippen molar-refractivity contribution < 1.29 is 8.42 Å². The molecule has 98 valence electrons. The Morgan fingerprint density at radius 2 is 2.11 bits per heavy atom. The zero-order valence-corrected chi connectivity index (χ0v) is 11.7. The Labute approximate surface area is 112 Å². The molecule has 0 amide bonds. The van der Waals surface area contributed by atoms with Crippen LogP contribution in [-0.4, -0.2) is 26.5 Å². The fraction of sp³-hybridized carbons (Fsp3) is 0.417. The van der Waals surface area contributed by atoms with Crippen molar-refractivity contribution in [2.45, 2.75) is 13.3 Å². The molecule has 0 atom stereocenters. The lowest BCUT2D eigenvalue weighted by Gasteiger charge is -2.07. The second-order valence-corrected chi connectivity index (χ2v) is 6.60. The first-order valence-corrected chi connectivity index (χ1v) is 7.82. The summed E-state index contributed by atoms with van der Waals surface area (Å²) in [5, 5.41) is 12.1. The van der Waals surface area contributed by atoms with Crippen LogP contribution in [-0.2, 0) is 9.84 Å². The number of halogens is 1. The molecule has 0 fully saturated rings. The largest absolute Gasteiger partial charge is 0.384 e. The van der Waals surface area contributed by atoms with Crippen LogP contribution in [0.4, 0.5) is 5.69 Å². The lowest BCUT2D eigenvalue weighted by atomic mass is 10.2. The average Bonchev–Trinajstić information content (AvgIpc) is 2.29. The van der Waals surface area contributed by atoms with Crippen LogP contribution in [0.2, 0.25) is 5.02 Å². The number of nitrogens with one attached hydrogen (secondary N) is 1. The fourth-order valence-electron chi connectivity index (χ4n) is 1.48. The van der Waals surface area contributed by atoms with Crippen molar-refractivity contribution in [2.75, 3.05) is 23.4 Å². The molecule has 6 heteroatoms. The standard InChI is InChI=1S/C12H15ClN2O2S/c1-2-6-18(16,17)7-5-15-11-4-3-10(9-14)12(13)8-11/h3-4,8,15H,2,5-7H2,1H3. The smallest absolute Gasteiger partial charge is 0.152 e. The van der Waals surface area contributed by atoms with Crippen LogP contribution in [0.5, 0.6) is 0 Å². The highest BCUT2D eigenvalue weighted by molar-refractivity contribution is 7.91. The number of anilines is 1. The number of benzene rings is 1. The summed E-state index contributed by atoms with van der Waals surface area (Å²) in [6, 6.07) is 6.89. The Morgan fingerprint density at radius 3 is 2.67 bits per heavy atom. The number of rotatable bonds is 6. The predicted molar refractivity (Wildman–Crippen MR) is 73.6 cm³/mol. The predicted octanol–water partition coefficient (Wildman–Crippen LogP) is 2.45. The summed E-state index contributed by atoms with van der Waals surface area (Å²) in [5.41, 5.74) is 1.12. The number of hydrogen-bond donors (Lipinski definition) is 1. The minimum Gasteiger partial charge on any atom is -0.384 e. The van der Waals surface area contributed by atoms with Crippen LogP contribution in [0, 0.1) is 11.3 Å². The van der Waals surface area contributed by atoms with Gasteiger partial charge in [0.25, 0.3) is 0 Å². The zero-order valence-electron chi connectivity index (χ0n) is 10.1. The van der Waals surface area contributed by atoms with Crippen LogP contribution in [0.25, 0.3) is 0 Å². The van der Waals surface area contributed by atoms with Crippen molar-refractivity contribution >= 4 is 27.1 Å².